The zero-order valence-electron chi connectivity index (χ0n) is 12.2. The molecule has 2 nitrogen and oxygen atoms in total. The summed E-state index contributed by atoms with van der Waals surface area (Å²) in [6.07, 6.45) is 5.39. The van der Waals surface area contributed by atoms with Crippen LogP contribution in [0.4, 0.5) is 0 Å². The molecule has 0 bridgehead atoms. The summed E-state index contributed by atoms with van der Waals surface area (Å²) in [6.45, 7) is 5.87. The molecule has 0 amide bonds. The van der Waals surface area contributed by atoms with Gasteiger partial charge in [-0.3, -0.25) is 4.90 Å². The minimum atomic E-state index is 0.681. The maximum atomic E-state index is 3.81. The van der Waals surface area contributed by atoms with Gasteiger partial charge in [-0.25, -0.2) is 0 Å². The quantitative estimate of drug-likeness (QED) is 0.892. The van der Waals surface area contributed by atoms with E-state index in [9.17, 15) is 0 Å². The van der Waals surface area contributed by atoms with E-state index in [1.54, 1.807) is 0 Å². The van der Waals surface area contributed by atoms with Crippen LogP contribution in [0.1, 0.15) is 45.1 Å². The van der Waals surface area contributed by atoms with Crippen molar-refractivity contribution in [2.24, 2.45) is 0 Å². The van der Waals surface area contributed by atoms with Crippen molar-refractivity contribution in [2.75, 3.05) is 0 Å². The van der Waals surface area contributed by atoms with E-state index in [0.29, 0.717) is 12.1 Å². The van der Waals surface area contributed by atoms with E-state index in [0.717, 1.165) is 18.6 Å². The molecule has 19 heavy (non-hydrogen) atoms. The van der Waals surface area contributed by atoms with Gasteiger partial charge in [0.2, 0.25) is 0 Å². The summed E-state index contributed by atoms with van der Waals surface area (Å²) in [5, 5.41) is 3.81. The molecule has 1 aromatic rings. The molecule has 104 valence electrons. The normalized spacial score (nSPS) is 32.4. The second kappa shape index (κ2) is 5.64. The van der Waals surface area contributed by atoms with Gasteiger partial charge < -0.3 is 5.32 Å². The third kappa shape index (κ3) is 3.37. The Morgan fingerprint density at radius 2 is 1.63 bits per heavy atom. The molecule has 2 aliphatic rings. The topological polar surface area (TPSA) is 15.3 Å². The van der Waals surface area contributed by atoms with Crippen LogP contribution in [0.25, 0.3) is 0 Å². The van der Waals surface area contributed by atoms with Gasteiger partial charge in [0.25, 0.3) is 0 Å². The molecule has 0 spiro atoms. The second-order valence-electron chi connectivity index (χ2n) is 6.47. The molecule has 1 aromatic carbocycles. The maximum Gasteiger partial charge on any atom is 0.0239 e. The number of piperidine rings is 1. The summed E-state index contributed by atoms with van der Waals surface area (Å²) in [7, 11) is 0. The minimum absolute atomic E-state index is 0.681. The Hall–Kier alpha value is -0.860. The van der Waals surface area contributed by atoms with Gasteiger partial charge in [0.05, 0.1) is 0 Å². The van der Waals surface area contributed by atoms with E-state index in [-0.39, 0.29) is 0 Å². The Labute approximate surface area is 117 Å². The van der Waals surface area contributed by atoms with E-state index in [2.05, 4.69) is 54.4 Å². The van der Waals surface area contributed by atoms with Crippen LogP contribution in [0.5, 0.6) is 0 Å². The molecule has 1 saturated carbocycles. The lowest BCUT2D eigenvalue weighted by atomic mass is 9.92. The molecule has 0 aromatic heterocycles. The van der Waals surface area contributed by atoms with Gasteiger partial charge in [0.1, 0.15) is 0 Å². The van der Waals surface area contributed by atoms with Gasteiger partial charge in [0.15, 0.2) is 0 Å². The van der Waals surface area contributed by atoms with Gasteiger partial charge in [-0.1, -0.05) is 30.3 Å². The van der Waals surface area contributed by atoms with Crippen molar-refractivity contribution in [3.05, 3.63) is 35.9 Å². The number of hydrogen-bond donors (Lipinski definition) is 1. The van der Waals surface area contributed by atoms with Crippen molar-refractivity contribution in [2.45, 2.75) is 70.2 Å². The molecule has 1 saturated heterocycles. The van der Waals surface area contributed by atoms with Crippen molar-refractivity contribution in [1.29, 1.82) is 0 Å². The molecule has 1 unspecified atom stereocenters. The Kier molecular flexibility index (Phi) is 3.90. The zero-order valence-corrected chi connectivity index (χ0v) is 12.2. The van der Waals surface area contributed by atoms with Crippen LogP contribution in [0.15, 0.2) is 30.3 Å². The summed E-state index contributed by atoms with van der Waals surface area (Å²) in [6, 6.07) is 13.8. The van der Waals surface area contributed by atoms with Crippen LogP contribution in [0, 0.1) is 0 Å². The van der Waals surface area contributed by atoms with Gasteiger partial charge in [-0.05, 0) is 45.1 Å². The number of benzene rings is 1. The summed E-state index contributed by atoms with van der Waals surface area (Å²) in [4.78, 5) is 2.67. The molecule has 2 heteroatoms. The number of rotatable bonds is 4. The van der Waals surface area contributed by atoms with Gasteiger partial charge in [0, 0.05) is 30.7 Å². The molecular weight excluding hydrogens is 232 g/mol. The lowest BCUT2D eigenvalue weighted by molar-refractivity contribution is 0.0746. The molecule has 1 aliphatic heterocycles. The lowest BCUT2D eigenvalue weighted by Crippen LogP contribution is -2.51. The van der Waals surface area contributed by atoms with Crippen LogP contribution >= 0.6 is 0 Å². The van der Waals surface area contributed by atoms with E-state index < -0.39 is 0 Å². The van der Waals surface area contributed by atoms with Gasteiger partial charge in [-0.2, -0.15) is 0 Å². The summed E-state index contributed by atoms with van der Waals surface area (Å²) in [5.74, 6) is 0. The number of nitrogens with zero attached hydrogens (tertiary/aromatic N) is 1. The van der Waals surface area contributed by atoms with E-state index in [1.807, 2.05) is 0 Å². The second-order valence-corrected chi connectivity index (χ2v) is 6.47. The molecule has 3 atom stereocenters. The van der Waals surface area contributed by atoms with Crippen LogP contribution in [-0.2, 0) is 6.54 Å². The molecule has 1 N–H and O–H groups in total. The monoisotopic (exact) mass is 258 g/mol. The van der Waals surface area contributed by atoms with E-state index in [4.69, 9.17) is 0 Å². The largest absolute Gasteiger partial charge is 0.311 e. The lowest BCUT2D eigenvalue weighted by Gasteiger charge is -2.43. The summed E-state index contributed by atoms with van der Waals surface area (Å²) < 4.78 is 0. The van der Waals surface area contributed by atoms with Gasteiger partial charge >= 0.3 is 0 Å². The number of likely N-dealkylation sites (tertiary alicyclic amines) is 1. The third-order valence-corrected chi connectivity index (χ3v) is 4.64. The first-order chi connectivity index (χ1) is 9.22. The molecule has 0 radical (unpaired) electrons. The van der Waals surface area contributed by atoms with Crippen molar-refractivity contribution in [1.82, 2.24) is 10.2 Å². The van der Waals surface area contributed by atoms with E-state index in [1.165, 1.54) is 31.2 Å². The highest BCUT2D eigenvalue weighted by atomic mass is 15.2. The minimum Gasteiger partial charge on any atom is -0.311 e. The number of nitrogens with one attached hydrogen (secondary N) is 1. The first-order valence-corrected chi connectivity index (χ1v) is 7.78. The van der Waals surface area contributed by atoms with Crippen molar-refractivity contribution in [3.8, 4) is 0 Å². The first kappa shape index (κ1) is 13.1. The molecular formula is C17H26N2. The fourth-order valence-electron chi connectivity index (χ4n) is 3.45. The molecule has 1 aliphatic carbocycles. The zero-order chi connectivity index (χ0) is 13.2. The van der Waals surface area contributed by atoms with Crippen molar-refractivity contribution in [3.63, 3.8) is 0 Å². The Morgan fingerprint density at radius 1 is 1.00 bits per heavy atom. The van der Waals surface area contributed by atoms with Crippen LogP contribution < -0.4 is 5.32 Å². The average Bonchev–Trinajstić information content (AvgIpc) is 3.19. The smallest absolute Gasteiger partial charge is 0.0239 e. The van der Waals surface area contributed by atoms with Crippen molar-refractivity contribution < 1.29 is 0 Å². The highest BCUT2D eigenvalue weighted by Gasteiger charge is 2.33. The van der Waals surface area contributed by atoms with Crippen LogP contribution in [0.2, 0.25) is 0 Å². The first-order valence-electron chi connectivity index (χ1n) is 7.78. The molecule has 3 rings (SSSR count). The Morgan fingerprint density at radius 3 is 2.21 bits per heavy atom. The fraction of sp³-hybridized carbons (Fsp3) is 0.647. The SMILES string of the molecule is C[C@@H]1CC(NC2CC2)C[C@H](C)N1Cc1ccccc1. The highest BCUT2D eigenvalue weighted by molar-refractivity contribution is 5.15. The average molecular weight is 258 g/mol. The Bertz CT molecular complexity index is 387. The fourth-order valence-corrected chi connectivity index (χ4v) is 3.45. The Balaban J connectivity index is 1.59. The van der Waals surface area contributed by atoms with Crippen LogP contribution in [0.3, 0.4) is 0 Å². The summed E-state index contributed by atoms with van der Waals surface area (Å²) >= 11 is 0. The van der Waals surface area contributed by atoms with Crippen LogP contribution in [-0.4, -0.2) is 29.1 Å². The standard InChI is InChI=1S/C17H26N2/c1-13-10-17(18-16-8-9-16)11-14(2)19(13)12-15-6-4-3-5-7-15/h3-7,13-14,16-18H,8-12H2,1-2H3/t13-,14+,17?. The predicted octanol–water partition coefficient (Wildman–Crippen LogP) is 3.18. The predicted molar refractivity (Wildman–Crippen MR) is 80.1 cm³/mol. The molecule has 1 heterocycles. The maximum absolute atomic E-state index is 3.81. The summed E-state index contributed by atoms with van der Waals surface area (Å²) in [5.41, 5.74) is 1.44. The van der Waals surface area contributed by atoms with Crippen molar-refractivity contribution >= 4 is 0 Å². The highest BCUT2D eigenvalue weighted by Crippen LogP contribution is 2.28. The molecule has 2 fully saturated rings. The third-order valence-electron chi connectivity index (χ3n) is 4.64. The van der Waals surface area contributed by atoms with Gasteiger partial charge in [-0.15, -0.1) is 0 Å². The number of hydrogen-bond acceptors (Lipinski definition) is 2. The van der Waals surface area contributed by atoms with E-state index >= 15 is 0 Å².